The molecule has 178 valence electrons. The molecule has 9 nitrogen and oxygen atoms in total. The maximum Gasteiger partial charge on any atom is 0.290 e. The van der Waals surface area contributed by atoms with Crippen molar-refractivity contribution in [3.63, 3.8) is 0 Å². The summed E-state index contributed by atoms with van der Waals surface area (Å²) in [5, 5.41) is 18.7. The molecule has 2 N–H and O–H groups in total. The minimum absolute atomic E-state index is 0.250. The van der Waals surface area contributed by atoms with Gasteiger partial charge in [-0.1, -0.05) is 12.8 Å². The van der Waals surface area contributed by atoms with Crippen LogP contribution >= 0.6 is 0 Å². The van der Waals surface area contributed by atoms with E-state index in [2.05, 4.69) is 36.8 Å². The van der Waals surface area contributed by atoms with E-state index in [0.29, 0.717) is 23.9 Å². The average molecular weight is 447 g/mol. The molecule has 1 saturated carbocycles. The zero-order chi connectivity index (χ0) is 22.5. The summed E-state index contributed by atoms with van der Waals surface area (Å²) in [6.07, 6.45) is 10.5. The summed E-state index contributed by atoms with van der Waals surface area (Å²) < 4.78 is 2.16. The quantitative estimate of drug-likeness (QED) is 0.640. The molecule has 1 aromatic heterocycles. The van der Waals surface area contributed by atoms with E-state index < -0.39 is 0 Å². The highest BCUT2D eigenvalue weighted by atomic mass is 16.3. The fourth-order valence-electron chi connectivity index (χ4n) is 6.30. The molecule has 4 atom stereocenters. The second-order valence-corrected chi connectivity index (χ2v) is 9.83. The molecular weight excluding hydrogens is 408 g/mol. The van der Waals surface area contributed by atoms with Crippen LogP contribution in [0.4, 0.5) is 0 Å². The highest BCUT2D eigenvalue weighted by Gasteiger charge is 2.47. The van der Waals surface area contributed by atoms with E-state index in [-0.39, 0.29) is 12.4 Å². The van der Waals surface area contributed by atoms with Crippen LogP contribution in [-0.2, 0) is 22.7 Å². The van der Waals surface area contributed by atoms with Crippen LogP contribution in [0.3, 0.4) is 0 Å². The summed E-state index contributed by atoms with van der Waals surface area (Å²) in [4.78, 5) is 26.3. The van der Waals surface area contributed by atoms with Gasteiger partial charge in [-0.15, -0.1) is 10.2 Å². The number of hydrogen-bond donors (Lipinski definition) is 2. The van der Waals surface area contributed by atoms with Crippen molar-refractivity contribution in [2.75, 3.05) is 26.2 Å². The normalized spacial score (nSPS) is 30.4. The summed E-state index contributed by atoms with van der Waals surface area (Å²) in [6, 6.07) is 1.19. The first-order chi connectivity index (χ1) is 15.6. The van der Waals surface area contributed by atoms with Crippen LogP contribution in [0.5, 0.6) is 0 Å². The zero-order valence-corrected chi connectivity index (χ0v) is 19.2. The SMILES string of the molecule is CCn1cnnc1CN1C[C@H]2C[C@@H](C1)[C@H](CNC(=O)C1CCC1)N1CCCC[C@@H]21.O=CO. The van der Waals surface area contributed by atoms with Crippen molar-refractivity contribution in [1.29, 1.82) is 0 Å². The number of carbonyl (C=O) groups is 2. The fourth-order valence-corrected chi connectivity index (χ4v) is 6.30. The van der Waals surface area contributed by atoms with E-state index in [9.17, 15) is 4.79 Å². The number of fused-ring (bicyclic) bond motifs is 4. The van der Waals surface area contributed by atoms with Gasteiger partial charge < -0.3 is 15.0 Å². The van der Waals surface area contributed by atoms with Gasteiger partial charge in [0.2, 0.25) is 5.91 Å². The molecule has 4 aliphatic rings. The van der Waals surface area contributed by atoms with Crippen LogP contribution in [0.1, 0.15) is 57.7 Å². The van der Waals surface area contributed by atoms with Gasteiger partial charge in [0.15, 0.2) is 0 Å². The number of carbonyl (C=O) groups excluding carboxylic acids is 1. The van der Waals surface area contributed by atoms with Crippen molar-refractivity contribution in [3.05, 3.63) is 12.2 Å². The van der Waals surface area contributed by atoms with Gasteiger partial charge in [0.1, 0.15) is 12.2 Å². The third-order valence-electron chi connectivity index (χ3n) is 8.06. The number of aryl methyl sites for hydroxylation is 1. The number of amides is 1. The van der Waals surface area contributed by atoms with Gasteiger partial charge in [0.25, 0.3) is 6.47 Å². The minimum Gasteiger partial charge on any atom is -0.483 e. The lowest BCUT2D eigenvalue weighted by molar-refractivity contribution is -0.129. The molecule has 2 bridgehead atoms. The van der Waals surface area contributed by atoms with Crippen molar-refractivity contribution in [2.45, 2.75) is 77.0 Å². The highest BCUT2D eigenvalue weighted by molar-refractivity contribution is 5.79. The number of nitrogens with zero attached hydrogens (tertiary/aromatic N) is 5. The van der Waals surface area contributed by atoms with Crippen molar-refractivity contribution in [1.82, 2.24) is 29.9 Å². The molecule has 0 spiro atoms. The number of rotatable bonds is 6. The summed E-state index contributed by atoms with van der Waals surface area (Å²) in [7, 11) is 0. The molecular formula is C23H38N6O3. The zero-order valence-electron chi connectivity index (χ0n) is 19.2. The molecule has 32 heavy (non-hydrogen) atoms. The van der Waals surface area contributed by atoms with E-state index >= 15 is 0 Å². The van der Waals surface area contributed by atoms with Crippen molar-refractivity contribution in [3.8, 4) is 0 Å². The van der Waals surface area contributed by atoms with E-state index in [1.54, 1.807) is 0 Å². The van der Waals surface area contributed by atoms with Crippen molar-refractivity contribution >= 4 is 12.4 Å². The molecule has 1 amide bonds. The molecule has 0 aromatic carbocycles. The van der Waals surface area contributed by atoms with E-state index in [0.717, 1.165) is 50.8 Å². The Morgan fingerprint density at radius 3 is 2.72 bits per heavy atom. The van der Waals surface area contributed by atoms with Gasteiger partial charge in [-0.2, -0.15) is 0 Å². The summed E-state index contributed by atoms with van der Waals surface area (Å²) in [5.74, 6) is 3.07. The van der Waals surface area contributed by atoms with Crippen LogP contribution in [0.15, 0.2) is 6.33 Å². The third kappa shape index (κ3) is 4.98. The Labute approximate surface area is 190 Å². The topological polar surface area (TPSA) is 104 Å². The first-order valence-corrected chi connectivity index (χ1v) is 12.3. The Morgan fingerprint density at radius 2 is 2.00 bits per heavy atom. The van der Waals surface area contributed by atoms with Gasteiger partial charge in [0.05, 0.1) is 6.54 Å². The molecule has 3 saturated heterocycles. The van der Waals surface area contributed by atoms with Gasteiger partial charge in [-0.05, 0) is 57.4 Å². The fraction of sp³-hybridized carbons (Fsp3) is 0.826. The van der Waals surface area contributed by atoms with Crippen molar-refractivity contribution < 1.29 is 14.7 Å². The lowest BCUT2D eigenvalue weighted by Gasteiger charge is -2.57. The van der Waals surface area contributed by atoms with Crippen LogP contribution in [-0.4, -0.2) is 80.3 Å². The molecule has 4 fully saturated rings. The van der Waals surface area contributed by atoms with E-state index in [1.807, 2.05) is 6.33 Å². The van der Waals surface area contributed by atoms with Crippen LogP contribution in [0.25, 0.3) is 0 Å². The molecule has 3 aliphatic heterocycles. The predicted molar refractivity (Wildman–Crippen MR) is 120 cm³/mol. The van der Waals surface area contributed by atoms with Gasteiger partial charge in [-0.25, -0.2) is 0 Å². The largest absolute Gasteiger partial charge is 0.483 e. The number of piperidine rings is 3. The first kappa shape index (κ1) is 23.2. The Kier molecular flexibility index (Phi) is 7.78. The number of likely N-dealkylation sites (tertiary alicyclic amines) is 1. The smallest absolute Gasteiger partial charge is 0.290 e. The Morgan fingerprint density at radius 1 is 1.22 bits per heavy atom. The van der Waals surface area contributed by atoms with Crippen molar-refractivity contribution in [2.24, 2.45) is 17.8 Å². The minimum atomic E-state index is -0.250. The molecule has 1 aliphatic carbocycles. The van der Waals surface area contributed by atoms with Crippen LogP contribution < -0.4 is 5.32 Å². The lowest BCUT2D eigenvalue weighted by Crippen LogP contribution is -2.65. The van der Waals surface area contributed by atoms with Crippen LogP contribution in [0.2, 0.25) is 0 Å². The monoisotopic (exact) mass is 446 g/mol. The average Bonchev–Trinajstić information content (AvgIpc) is 3.20. The standard InChI is InChI=1S/C22H36N6O.CH2O2/c1-2-27-15-24-25-21(27)14-26-12-17-10-18(13-26)20(28-9-4-3-8-19(17)28)11-23-22(29)16-6-5-7-16;2-1-3/h15-20H,2-14H2,1H3,(H,23,29);1H,(H,2,3)/t17-,18+,19+,20+;/m1./s1. The number of carboxylic acid groups (broad SMARTS) is 1. The highest BCUT2D eigenvalue weighted by Crippen LogP contribution is 2.41. The third-order valence-corrected chi connectivity index (χ3v) is 8.06. The van der Waals surface area contributed by atoms with E-state index in [4.69, 9.17) is 9.90 Å². The Bertz CT molecular complexity index is 767. The molecule has 4 heterocycles. The predicted octanol–water partition coefficient (Wildman–Crippen LogP) is 1.59. The van der Waals surface area contributed by atoms with Crippen LogP contribution in [0, 0.1) is 17.8 Å². The molecule has 5 rings (SSSR count). The van der Waals surface area contributed by atoms with Gasteiger partial charge in [0, 0.05) is 44.2 Å². The maximum absolute atomic E-state index is 12.5. The molecule has 0 unspecified atom stereocenters. The summed E-state index contributed by atoms with van der Waals surface area (Å²) in [6.45, 7) is 8.06. The Balaban J connectivity index is 0.000000775. The van der Waals surface area contributed by atoms with Gasteiger partial charge >= 0.3 is 0 Å². The first-order valence-electron chi connectivity index (χ1n) is 12.3. The Hall–Kier alpha value is -2.00. The lowest BCUT2D eigenvalue weighted by atomic mass is 9.72. The van der Waals surface area contributed by atoms with E-state index in [1.165, 1.54) is 45.2 Å². The molecule has 1 aromatic rings. The second-order valence-electron chi connectivity index (χ2n) is 9.83. The summed E-state index contributed by atoms with van der Waals surface area (Å²) in [5.41, 5.74) is 0. The second kappa shape index (κ2) is 10.7. The molecule has 9 heteroatoms. The maximum atomic E-state index is 12.5. The molecule has 0 radical (unpaired) electrons. The summed E-state index contributed by atoms with van der Waals surface area (Å²) >= 11 is 0. The number of aromatic nitrogens is 3. The number of nitrogens with one attached hydrogen (secondary N) is 1. The van der Waals surface area contributed by atoms with Gasteiger partial charge in [-0.3, -0.25) is 19.4 Å². The number of hydrogen-bond acceptors (Lipinski definition) is 6.